The first-order valence-corrected chi connectivity index (χ1v) is 6.64. The Morgan fingerprint density at radius 2 is 1.85 bits per heavy atom. The normalized spacial score (nSPS) is 10.7. The van der Waals surface area contributed by atoms with Crippen molar-refractivity contribution in [2.45, 2.75) is 13.5 Å². The van der Waals surface area contributed by atoms with Crippen molar-refractivity contribution in [3.8, 4) is 0 Å². The van der Waals surface area contributed by atoms with E-state index in [1.54, 1.807) is 6.20 Å². The summed E-state index contributed by atoms with van der Waals surface area (Å²) in [5.74, 6) is -0.0503. The molecule has 100 valence electrons. The molecule has 0 fully saturated rings. The summed E-state index contributed by atoms with van der Waals surface area (Å²) in [7, 11) is 0. The lowest BCUT2D eigenvalue weighted by atomic mass is 10.1. The molecule has 2 N–H and O–H groups in total. The molecule has 2 aromatic carbocycles. The molecule has 0 spiro atoms. The summed E-state index contributed by atoms with van der Waals surface area (Å²) < 4.78 is 0. The highest BCUT2D eigenvalue weighted by Crippen LogP contribution is 2.17. The van der Waals surface area contributed by atoms with Gasteiger partial charge in [0.2, 0.25) is 0 Å². The molecule has 0 bridgehead atoms. The summed E-state index contributed by atoms with van der Waals surface area (Å²) in [4.78, 5) is 15.4. The maximum Gasteiger partial charge on any atom is 0.253 e. The number of aromatic nitrogens is 1. The molecule has 3 nitrogen and oxygen atoms in total. The van der Waals surface area contributed by atoms with Crippen LogP contribution in [0.5, 0.6) is 0 Å². The predicted octanol–water partition coefficient (Wildman–Crippen LogP) is 3.41. The van der Waals surface area contributed by atoms with Crippen molar-refractivity contribution < 1.29 is 4.79 Å². The van der Waals surface area contributed by atoms with Crippen LogP contribution in [0.3, 0.4) is 0 Å². The van der Waals surface area contributed by atoms with Crippen molar-refractivity contribution in [3.63, 3.8) is 0 Å². The van der Waals surface area contributed by atoms with Gasteiger partial charge >= 0.3 is 0 Å². The molecule has 1 aromatic heterocycles. The zero-order chi connectivity index (χ0) is 13.9. The molecular formula is C17H16N2O. The first-order valence-electron chi connectivity index (χ1n) is 6.64. The number of rotatable bonds is 3. The number of benzene rings is 2. The van der Waals surface area contributed by atoms with Crippen LogP contribution in [-0.4, -0.2) is 10.9 Å². The third-order valence-electron chi connectivity index (χ3n) is 3.53. The predicted molar refractivity (Wildman–Crippen MR) is 80.6 cm³/mol. The molecule has 0 aliphatic rings. The summed E-state index contributed by atoms with van der Waals surface area (Å²) in [6, 6.07) is 15.9. The molecule has 3 rings (SSSR count). The van der Waals surface area contributed by atoms with E-state index in [4.69, 9.17) is 0 Å². The van der Waals surface area contributed by atoms with Crippen molar-refractivity contribution in [1.82, 2.24) is 10.3 Å². The van der Waals surface area contributed by atoms with Crippen LogP contribution in [0.2, 0.25) is 0 Å². The average Bonchev–Trinajstić information content (AvgIpc) is 2.90. The lowest BCUT2D eigenvalue weighted by Crippen LogP contribution is -2.22. The Labute approximate surface area is 117 Å². The maximum absolute atomic E-state index is 12.3. The van der Waals surface area contributed by atoms with Gasteiger partial charge in [0, 0.05) is 23.6 Å². The molecule has 3 heteroatoms. The van der Waals surface area contributed by atoms with E-state index in [9.17, 15) is 4.79 Å². The zero-order valence-electron chi connectivity index (χ0n) is 11.3. The first kappa shape index (κ1) is 12.5. The highest BCUT2D eigenvalue weighted by molar-refractivity contribution is 6.06. The molecule has 0 radical (unpaired) electrons. The number of aryl methyl sites for hydroxylation is 1. The molecule has 1 heterocycles. The number of H-pyrrole nitrogens is 1. The number of nitrogens with one attached hydrogen (secondary N) is 2. The van der Waals surface area contributed by atoms with Gasteiger partial charge in [-0.15, -0.1) is 0 Å². The van der Waals surface area contributed by atoms with Crippen LogP contribution in [0, 0.1) is 6.92 Å². The second kappa shape index (κ2) is 5.21. The molecule has 0 unspecified atom stereocenters. The van der Waals surface area contributed by atoms with Crippen LogP contribution in [0.25, 0.3) is 10.9 Å². The smallest absolute Gasteiger partial charge is 0.253 e. The highest BCUT2D eigenvalue weighted by Gasteiger charge is 2.11. The number of para-hydroxylation sites is 1. The molecule has 0 saturated carbocycles. The minimum Gasteiger partial charge on any atom is -0.360 e. The largest absolute Gasteiger partial charge is 0.360 e. The second-order valence-corrected chi connectivity index (χ2v) is 4.86. The van der Waals surface area contributed by atoms with Gasteiger partial charge in [-0.1, -0.05) is 42.5 Å². The third kappa shape index (κ3) is 2.30. The Morgan fingerprint density at radius 1 is 1.10 bits per heavy atom. The summed E-state index contributed by atoms with van der Waals surface area (Å²) >= 11 is 0. The van der Waals surface area contributed by atoms with Crippen molar-refractivity contribution in [2.24, 2.45) is 0 Å². The second-order valence-electron chi connectivity index (χ2n) is 4.86. The standard InChI is InChI=1S/C17H16N2O/c1-12-6-2-3-7-13(12)10-19-17(20)15-11-18-16-9-5-4-8-14(15)16/h2-9,11,18H,10H2,1H3,(H,19,20). The van der Waals surface area contributed by atoms with Crippen LogP contribution in [0.1, 0.15) is 21.5 Å². The number of carbonyl (C=O) groups is 1. The van der Waals surface area contributed by atoms with Crippen molar-refractivity contribution in [2.75, 3.05) is 0 Å². The fraction of sp³-hybridized carbons (Fsp3) is 0.118. The van der Waals surface area contributed by atoms with E-state index in [1.165, 1.54) is 5.56 Å². The fourth-order valence-corrected chi connectivity index (χ4v) is 2.34. The van der Waals surface area contributed by atoms with E-state index in [0.29, 0.717) is 12.1 Å². The number of amides is 1. The highest BCUT2D eigenvalue weighted by atomic mass is 16.1. The molecule has 0 saturated heterocycles. The summed E-state index contributed by atoms with van der Waals surface area (Å²) in [6.07, 6.45) is 1.76. The zero-order valence-corrected chi connectivity index (χ0v) is 11.3. The van der Waals surface area contributed by atoms with E-state index >= 15 is 0 Å². The van der Waals surface area contributed by atoms with E-state index in [1.807, 2.05) is 55.5 Å². The van der Waals surface area contributed by atoms with Crippen LogP contribution in [0.15, 0.2) is 54.7 Å². The first-order chi connectivity index (χ1) is 9.75. The van der Waals surface area contributed by atoms with Gasteiger partial charge < -0.3 is 10.3 Å². The van der Waals surface area contributed by atoms with Crippen molar-refractivity contribution >= 4 is 16.8 Å². The Hall–Kier alpha value is -2.55. The minimum atomic E-state index is -0.0503. The molecular weight excluding hydrogens is 248 g/mol. The van der Waals surface area contributed by atoms with Crippen molar-refractivity contribution in [1.29, 1.82) is 0 Å². The summed E-state index contributed by atoms with van der Waals surface area (Å²) in [5, 5.41) is 3.93. The van der Waals surface area contributed by atoms with Crippen molar-refractivity contribution in [3.05, 3.63) is 71.4 Å². The Morgan fingerprint density at radius 3 is 2.70 bits per heavy atom. The number of hydrogen-bond donors (Lipinski definition) is 2. The lowest BCUT2D eigenvalue weighted by molar-refractivity contribution is 0.0952. The topological polar surface area (TPSA) is 44.9 Å². The SMILES string of the molecule is Cc1ccccc1CNC(=O)c1c[nH]c2ccccc12. The molecule has 0 aliphatic carbocycles. The van der Waals surface area contributed by atoms with Gasteiger partial charge in [-0.05, 0) is 24.1 Å². The number of carbonyl (C=O) groups excluding carboxylic acids is 1. The summed E-state index contributed by atoms with van der Waals surface area (Å²) in [5.41, 5.74) is 4.00. The van der Waals surface area contributed by atoms with Gasteiger partial charge in [-0.25, -0.2) is 0 Å². The summed E-state index contributed by atoms with van der Waals surface area (Å²) in [6.45, 7) is 2.60. The van der Waals surface area contributed by atoms with Gasteiger partial charge in [-0.2, -0.15) is 0 Å². The molecule has 3 aromatic rings. The van der Waals surface area contributed by atoms with Gasteiger partial charge in [0.25, 0.3) is 5.91 Å². The van der Waals surface area contributed by atoms with E-state index in [2.05, 4.69) is 10.3 Å². The van der Waals surface area contributed by atoms with Gasteiger partial charge in [-0.3, -0.25) is 4.79 Å². The van der Waals surface area contributed by atoms with E-state index in [0.717, 1.165) is 16.5 Å². The number of fused-ring (bicyclic) bond motifs is 1. The lowest BCUT2D eigenvalue weighted by Gasteiger charge is -2.07. The average molecular weight is 264 g/mol. The van der Waals surface area contributed by atoms with Gasteiger partial charge in [0.05, 0.1) is 5.56 Å². The Kier molecular flexibility index (Phi) is 3.25. The molecule has 0 atom stereocenters. The van der Waals surface area contributed by atoms with E-state index in [-0.39, 0.29) is 5.91 Å². The Bertz CT molecular complexity index is 758. The number of aromatic amines is 1. The minimum absolute atomic E-state index is 0.0503. The fourth-order valence-electron chi connectivity index (χ4n) is 2.34. The van der Waals surface area contributed by atoms with Crippen LogP contribution < -0.4 is 5.32 Å². The van der Waals surface area contributed by atoms with Crippen LogP contribution in [0.4, 0.5) is 0 Å². The maximum atomic E-state index is 12.3. The van der Waals surface area contributed by atoms with Crippen LogP contribution in [-0.2, 0) is 6.54 Å². The number of hydrogen-bond acceptors (Lipinski definition) is 1. The molecule has 1 amide bonds. The Balaban J connectivity index is 1.79. The van der Waals surface area contributed by atoms with Gasteiger partial charge in [0.1, 0.15) is 0 Å². The third-order valence-corrected chi connectivity index (χ3v) is 3.53. The molecule has 0 aliphatic heterocycles. The van der Waals surface area contributed by atoms with Gasteiger partial charge in [0.15, 0.2) is 0 Å². The van der Waals surface area contributed by atoms with Crippen LogP contribution >= 0.6 is 0 Å². The van der Waals surface area contributed by atoms with E-state index < -0.39 is 0 Å². The molecule has 20 heavy (non-hydrogen) atoms. The quantitative estimate of drug-likeness (QED) is 0.748. The monoisotopic (exact) mass is 264 g/mol.